The fourth-order valence-electron chi connectivity index (χ4n) is 1.67. The lowest BCUT2D eigenvalue weighted by Gasteiger charge is -2.44. The third-order valence-electron chi connectivity index (χ3n) is 2.55. The zero-order chi connectivity index (χ0) is 14.5. The van der Waals surface area contributed by atoms with Gasteiger partial charge in [-0.15, -0.1) is 9.25 Å². The van der Waals surface area contributed by atoms with E-state index in [9.17, 15) is 9.67 Å². The molecule has 0 amide bonds. The van der Waals surface area contributed by atoms with Crippen molar-refractivity contribution in [3.8, 4) is 11.5 Å². The Morgan fingerprint density at radius 1 is 1.45 bits per heavy atom. The summed E-state index contributed by atoms with van der Waals surface area (Å²) in [5, 5.41) is 11.8. The van der Waals surface area contributed by atoms with Crippen molar-refractivity contribution in [3.63, 3.8) is 0 Å². The van der Waals surface area contributed by atoms with E-state index in [0.29, 0.717) is 5.56 Å². The van der Waals surface area contributed by atoms with Crippen LogP contribution in [0.5, 0.6) is 11.5 Å². The number of halogens is 1. The molecule has 0 atom stereocenters. The van der Waals surface area contributed by atoms with Crippen LogP contribution < -0.4 is 4.74 Å². The Kier molecular flexibility index (Phi) is 3.28. The number of phenols is 1. The van der Waals surface area contributed by atoms with Crippen LogP contribution in [0, 0.1) is 0 Å². The van der Waals surface area contributed by atoms with Crippen LogP contribution in [0.15, 0.2) is 12.1 Å². The summed E-state index contributed by atoms with van der Waals surface area (Å²) < 4.78 is 31.0. The zero-order valence-electron chi connectivity index (χ0n) is 9.98. The maximum absolute atomic E-state index is 11.6. The highest BCUT2D eigenvalue weighted by Gasteiger charge is 2.55. The van der Waals surface area contributed by atoms with Crippen molar-refractivity contribution in [1.29, 1.82) is 0 Å². The number of thiocarbonyl (C=S) groups is 1. The number of hydrogen-bond donors (Lipinski definition) is 1. The largest absolute Gasteiger partial charge is 0.544 e. The summed E-state index contributed by atoms with van der Waals surface area (Å²) in [6, 6.07) is 3.07. The van der Waals surface area contributed by atoms with E-state index in [1.54, 1.807) is 6.07 Å². The number of methoxy groups -OCH3 is 1. The fraction of sp³-hybridized carbons (Fsp3) is 0.222. The van der Waals surface area contributed by atoms with Gasteiger partial charge in [-0.1, -0.05) is 16.8 Å². The van der Waals surface area contributed by atoms with Crippen LogP contribution >= 0.6 is 31.6 Å². The average molecular weight is 339 g/mol. The van der Waals surface area contributed by atoms with Crippen molar-refractivity contribution in [2.75, 3.05) is 7.11 Å². The lowest BCUT2D eigenvalue weighted by molar-refractivity contribution is -0.349. The average Bonchev–Trinajstić information content (AvgIpc) is 2.36. The Morgan fingerprint density at radius 3 is 2.80 bits per heavy atom. The van der Waals surface area contributed by atoms with E-state index in [-0.39, 0.29) is 28.2 Å². The number of fused-ring (bicyclic) bond motifs is 2. The van der Waals surface area contributed by atoms with E-state index in [1.165, 1.54) is 18.2 Å². The fourth-order valence-corrected chi connectivity index (χ4v) is 3.21. The highest BCUT2D eigenvalue weighted by atomic mass is 35.5. The summed E-state index contributed by atoms with van der Waals surface area (Å²) in [7, 11) is -2.16. The van der Waals surface area contributed by atoms with Gasteiger partial charge < -0.3 is 9.84 Å². The molecule has 3 saturated heterocycles. The second-order valence-corrected chi connectivity index (χ2v) is 6.05. The van der Waals surface area contributed by atoms with Gasteiger partial charge in [0.1, 0.15) is 0 Å². The van der Waals surface area contributed by atoms with Crippen molar-refractivity contribution >= 4 is 36.8 Å². The number of phosphoric acid groups is 1. The Hall–Kier alpha value is -1.09. The van der Waals surface area contributed by atoms with Crippen LogP contribution in [0.2, 0.25) is 5.02 Å². The van der Waals surface area contributed by atoms with Crippen molar-refractivity contribution in [3.05, 3.63) is 22.7 Å². The van der Waals surface area contributed by atoms with Gasteiger partial charge in [0.25, 0.3) is 5.11 Å². The molecule has 3 aliphatic rings. The molecule has 0 unspecified atom stereocenters. The maximum atomic E-state index is 11.6. The van der Waals surface area contributed by atoms with Gasteiger partial charge in [-0.3, -0.25) is 0 Å². The topological polar surface area (TPSA) is 80.7 Å². The van der Waals surface area contributed by atoms with Gasteiger partial charge in [-0.25, -0.2) is 9.63 Å². The standard InChI is InChI=1S/C9H8ClN2O6PS/c1-15-7-3-5(2-6(10)8(7)13)4-11-9(20)12-17-19(14,16-11)18-12/h2-3,13H,4H2,1H3. The van der Waals surface area contributed by atoms with Gasteiger partial charge in [-0.2, -0.15) is 4.62 Å². The number of rotatable bonds is 3. The van der Waals surface area contributed by atoms with Crippen LogP contribution in [-0.4, -0.2) is 27.6 Å². The van der Waals surface area contributed by atoms with Gasteiger partial charge in [0.2, 0.25) is 0 Å². The van der Waals surface area contributed by atoms with Crippen LogP contribution in [0.1, 0.15) is 5.56 Å². The monoisotopic (exact) mass is 338 g/mol. The van der Waals surface area contributed by atoms with Gasteiger partial charge in [0.15, 0.2) is 11.5 Å². The number of ether oxygens (including phenoxy) is 1. The lowest BCUT2D eigenvalue weighted by atomic mass is 10.2. The molecule has 4 rings (SSSR count). The Labute approximate surface area is 123 Å². The molecule has 1 aromatic carbocycles. The van der Waals surface area contributed by atoms with E-state index >= 15 is 0 Å². The first-order valence-electron chi connectivity index (χ1n) is 5.28. The molecule has 1 N–H and O–H groups in total. The highest BCUT2D eigenvalue weighted by molar-refractivity contribution is 7.80. The van der Waals surface area contributed by atoms with Crippen molar-refractivity contribution in [2.24, 2.45) is 0 Å². The summed E-state index contributed by atoms with van der Waals surface area (Å²) in [5.41, 5.74) is 0.627. The van der Waals surface area contributed by atoms with E-state index in [1.807, 2.05) is 0 Å². The van der Waals surface area contributed by atoms with Gasteiger partial charge in [0, 0.05) is 0 Å². The molecular weight excluding hydrogens is 331 g/mol. The molecule has 3 aliphatic heterocycles. The third kappa shape index (κ3) is 2.22. The quantitative estimate of drug-likeness (QED) is 0.659. The minimum Gasteiger partial charge on any atom is -0.503 e. The minimum atomic E-state index is -3.56. The number of benzene rings is 1. The summed E-state index contributed by atoms with van der Waals surface area (Å²) in [6.07, 6.45) is 0. The molecule has 2 bridgehead atoms. The zero-order valence-corrected chi connectivity index (χ0v) is 12.4. The van der Waals surface area contributed by atoms with Crippen molar-refractivity contribution in [2.45, 2.75) is 6.54 Å². The molecule has 11 heteroatoms. The summed E-state index contributed by atoms with van der Waals surface area (Å²) >= 11 is 10.9. The van der Waals surface area contributed by atoms with Crippen LogP contribution in [0.3, 0.4) is 0 Å². The molecule has 0 spiro atoms. The second kappa shape index (κ2) is 4.73. The molecule has 108 valence electrons. The van der Waals surface area contributed by atoms with E-state index < -0.39 is 7.82 Å². The first-order valence-corrected chi connectivity index (χ1v) is 7.53. The first kappa shape index (κ1) is 13.9. The van der Waals surface area contributed by atoms with Crippen LogP contribution in [0.25, 0.3) is 0 Å². The minimum absolute atomic E-state index is 0.0610. The summed E-state index contributed by atoms with van der Waals surface area (Å²) in [6.45, 7) is 0.127. The summed E-state index contributed by atoms with van der Waals surface area (Å²) in [5.74, 6) is 0.0474. The third-order valence-corrected chi connectivity index (χ3v) is 4.29. The SMILES string of the molecule is COc1cc(CN2OP3(=O)ON(O3)C2=S)cc(Cl)c1O. The molecular formula is C9H8ClN2O6PS. The van der Waals surface area contributed by atoms with E-state index in [0.717, 1.165) is 5.23 Å². The number of phenolic OH excluding ortho intramolecular Hbond substituents is 1. The predicted molar refractivity (Wildman–Crippen MR) is 70.5 cm³/mol. The van der Waals surface area contributed by atoms with E-state index in [4.69, 9.17) is 42.4 Å². The molecule has 0 aliphatic carbocycles. The molecule has 0 radical (unpaired) electrons. The van der Waals surface area contributed by atoms with Crippen LogP contribution in [-0.2, 0) is 25.0 Å². The second-order valence-electron chi connectivity index (χ2n) is 3.90. The lowest BCUT2D eigenvalue weighted by Crippen LogP contribution is -2.52. The first-order chi connectivity index (χ1) is 9.42. The molecule has 0 aromatic heterocycles. The smallest absolute Gasteiger partial charge is 0.503 e. The van der Waals surface area contributed by atoms with Crippen LogP contribution in [0.4, 0.5) is 0 Å². The predicted octanol–water partition coefficient (Wildman–Crippen LogP) is 2.37. The summed E-state index contributed by atoms with van der Waals surface area (Å²) in [4.78, 5) is 0. The number of hydroxylamine groups is 4. The Balaban J connectivity index is 1.83. The molecule has 3 fully saturated rings. The van der Waals surface area contributed by atoms with Gasteiger partial charge in [0.05, 0.1) is 18.7 Å². The molecule has 0 saturated carbocycles. The van der Waals surface area contributed by atoms with Gasteiger partial charge in [-0.05, 0) is 29.9 Å². The Morgan fingerprint density at radius 2 is 2.15 bits per heavy atom. The highest BCUT2D eigenvalue weighted by Crippen LogP contribution is 2.63. The molecule has 8 nitrogen and oxygen atoms in total. The van der Waals surface area contributed by atoms with E-state index in [2.05, 4.69) is 0 Å². The molecule has 20 heavy (non-hydrogen) atoms. The number of hydrogen-bond acceptors (Lipinski definition) is 7. The number of nitrogens with zero attached hydrogens (tertiary/aromatic N) is 2. The molecule has 1 aromatic rings. The van der Waals surface area contributed by atoms with Crippen molar-refractivity contribution in [1.82, 2.24) is 10.3 Å². The Bertz CT molecular complexity index is 633. The van der Waals surface area contributed by atoms with Gasteiger partial charge >= 0.3 is 7.82 Å². The maximum Gasteiger partial charge on any atom is 0.544 e. The molecule has 3 heterocycles. The number of aromatic hydroxyl groups is 1. The van der Waals surface area contributed by atoms with Crippen molar-refractivity contribution < 1.29 is 28.3 Å². The normalized spacial score (nSPS) is 19.8.